The normalized spacial score (nSPS) is 18.7. The fraction of sp³-hybridized carbons (Fsp3) is 0.368. The van der Waals surface area contributed by atoms with Crippen LogP contribution < -0.4 is 0 Å². The van der Waals surface area contributed by atoms with Gasteiger partial charge in [-0.15, -0.1) is 11.3 Å². The maximum Gasteiger partial charge on any atom is 0.264 e. The number of nitrogens with zero attached hydrogens (tertiary/aromatic N) is 2. The van der Waals surface area contributed by atoms with E-state index in [1.807, 2.05) is 11.0 Å². The molecule has 1 aromatic carbocycles. The molecular formula is C19H20N2OS. The molecule has 1 saturated heterocycles. The molecule has 2 aromatic heterocycles. The Morgan fingerprint density at radius 2 is 2.13 bits per heavy atom. The third kappa shape index (κ3) is 2.72. The monoisotopic (exact) mass is 324 g/mol. The number of thiophene rings is 1. The number of piperidine rings is 1. The first-order valence-corrected chi connectivity index (χ1v) is 9.02. The number of rotatable bonds is 1. The van der Waals surface area contributed by atoms with E-state index in [2.05, 4.69) is 38.1 Å². The lowest BCUT2D eigenvalue weighted by molar-refractivity contribution is 0.0688. The zero-order valence-electron chi connectivity index (χ0n) is 13.5. The van der Waals surface area contributed by atoms with Crippen molar-refractivity contribution >= 4 is 38.4 Å². The molecule has 3 aromatic rings. The minimum atomic E-state index is 0.166. The molecular weight excluding hydrogens is 304 g/mol. The third-order valence-corrected chi connectivity index (χ3v) is 5.65. The molecule has 0 N–H and O–H groups in total. The maximum atomic E-state index is 12.8. The van der Waals surface area contributed by atoms with Crippen LogP contribution in [0.3, 0.4) is 0 Å². The molecule has 4 heteroatoms. The molecule has 0 radical (unpaired) electrons. The summed E-state index contributed by atoms with van der Waals surface area (Å²) < 4.78 is 0. The van der Waals surface area contributed by atoms with Gasteiger partial charge in [0.1, 0.15) is 4.83 Å². The summed E-state index contributed by atoms with van der Waals surface area (Å²) >= 11 is 1.52. The van der Waals surface area contributed by atoms with Gasteiger partial charge in [0.15, 0.2) is 0 Å². The number of fused-ring (bicyclic) bond motifs is 2. The zero-order valence-corrected chi connectivity index (χ0v) is 14.3. The Morgan fingerprint density at radius 3 is 2.96 bits per heavy atom. The van der Waals surface area contributed by atoms with Crippen LogP contribution in [0.4, 0.5) is 0 Å². The first-order chi connectivity index (χ1) is 11.1. The van der Waals surface area contributed by atoms with E-state index in [0.29, 0.717) is 5.92 Å². The van der Waals surface area contributed by atoms with Gasteiger partial charge in [-0.05, 0) is 49.4 Å². The summed E-state index contributed by atoms with van der Waals surface area (Å²) in [5.74, 6) is 0.769. The van der Waals surface area contributed by atoms with Crippen molar-refractivity contribution in [2.45, 2.75) is 26.7 Å². The predicted octanol–water partition coefficient (Wildman–Crippen LogP) is 4.63. The lowest BCUT2D eigenvalue weighted by atomic mass is 10.0. The highest BCUT2D eigenvalue weighted by Crippen LogP contribution is 2.29. The number of pyridine rings is 1. The quantitative estimate of drug-likeness (QED) is 0.654. The van der Waals surface area contributed by atoms with Gasteiger partial charge in [0.05, 0.1) is 10.4 Å². The Balaban J connectivity index is 1.73. The highest BCUT2D eigenvalue weighted by Gasteiger charge is 2.23. The largest absolute Gasteiger partial charge is 0.338 e. The van der Waals surface area contributed by atoms with Gasteiger partial charge in [0.25, 0.3) is 5.91 Å². The van der Waals surface area contributed by atoms with E-state index in [0.717, 1.165) is 45.5 Å². The first kappa shape index (κ1) is 14.6. The summed E-state index contributed by atoms with van der Waals surface area (Å²) in [6, 6.07) is 10.4. The fourth-order valence-corrected chi connectivity index (χ4v) is 4.36. The average Bonchev–Trinajstić information content (AvgIpc) is 2.94. The van der Waals surface area contributed by atoms with Gasteiger partial charge >= 0.3 is 0 Å². The van der Waals surface area contributed by atoms with E-state index in [9.17, 15) is 4.79 Å². The second kappa shape index (κ2) is 5.60. The SMILES string of the molecule is Cc1ccc2cc3cc(C(=O)N4CCC[C@H](C)C4)sc3nc2c1. The Morgan fingerprint density at radius 1 is 1.26 bits per heavy atom. The summed E-state index contributed by atoms with van der Waals surface area (Å²) in [6.45, 7) is 6.06. The van der Waals surface area contributed by atoms with Crippen molar-refractivity contribution in [1.82, 2.24) is 9.88 Å². The molecule has 1 amide bonds. The van der Waals surface area contributed by atoms with Gasteiger partial charge in [-0.2, -0.15) is 0 Å². The van der Waals surface area contributed by atoms with Gasteiger partial charge in [-0.3, -0.25) is 4.79 Å². The van der Waals surface area contributed by atoms with Gasteiger partial charge in [0.2, 0.25) is 0 Å². The molecule has 0 unspecified atom stereocenters. The molecule has 23 heavy (non-hydrogen) atoms. The van der Waals surface area contributed by atoms with Gasteiger partial charge in [-0.25, -0.2) is 4.98 Å². The molecule has 4 rings (SSSR count). The van der Waals surface area contributed by atoms with Crippen molar-refractivity contribution in [3.05, 3.63) is 40.8 Å². The van der Waals surface area contributed by atoms with E-state index in [1.54, 1.807) is 0 Å². The highest BCUT2D eigenvalue weighted by atomic mass is 32.1. The third-order valence-electron chi connectivity index (χ3n) is 4.61. The van der Waals surface area contributed by atoms with E-state index in [1.165, 1.54) is 23.3 Å². The minimum absolute atomic E-state index is 0.166. The second-order valence-corrected chi connectivity index (χ2v) is 7.72. The van der Waals surface area contributed by atoms with Crippen LogP contribution in [0, 0.1) is 12.8 Å². The Labute approximate surface area is 139 Å². The maximum absolute atomic E-state index is 12.8. The molecule has 3 nitrogen and oxygen atoms in total. The average molecular weight is 324 g/mol. The Bertz CT molecular complexity index is 899. The zero-order chi connectivity index (χ0) is 16.0. The Kier molecular flexibility index (Phi) is 3.57. The van der Waals surface area contributed by atoms with Gasteiger partial charge < -0.3 is 4.90 Å². The molecule has 0 saturated carbocycles. The van der Waals surface area contributed by atoms with Crippen LogP contribution in [0.15, 0.2) is 30.3 Å². The number of hydrogen-bond donors (Lipinski definition) is 0. The van der Waals surface area contributed by atoms with Crippen molar-refractivity contribution in [2.75, 3.05) is 13.1 Å². The summed E-state index contributed by atoms with van der Waals surface area (Å²) in [5.41, 5.74) is 2.21. The summed E-state index contributed by atoms with van der Waals surface area (Å²) in [7, 11) is 0. The lowest BCUT2D eigenvalue weighted by Gasteiger charge is -2.30. The van der Waals surface area contributed by atoms with E-state index in [-0.39, 0.29) is 5.91 Å². The number of benzene rings is 1. The van der Waals surface area contributed by atoms with Crippen LogP contribution in [0.1, 0.15) is 35.0 Å². The molecule has 0 aliphatic carbocycles. The van der Waals surface area contributed by atoms with Crippen molar-refractivity contribution in [3.8, 4) is 0 Å². The van der Waals surface area contributed by atoms with Crippen molar-refractivity contribution in [1.29, 1.82) is 0 Å². The van der Waals surface area contributed by atoms with Crippen LogP contribution in [-0.2, 0) is 0 Å². The number of aromatic nitrogens is 1. The van der Waals surface area contributed by atoms with Crippen LogP contribution in [0.5, 0.6) is 0 Å². The number of likely N-dealkylation sites (tertiary alicyclic amines) is 1. The molecule has 1 fully saturated rings. The molecule has 0 spiro atoms. The van der Waals surface area contributed by atoms with Crippen LogP contribution in [0.25, 0.3) is 21.1 Å². The smallest absolute Gasteiger partial charge is 0.264 e. The number of amides is 1. The van der Waals surface area contributed by atoms with E-state index < -0.39 is 0 Å². The topological polar surface area (TPSA) is 33.2 Å². The number of hydrogen-bond acceptors (Lipinski definition) is 3. The lowest BCUT2D eigenvalue weighted by Crippen LogP contribution is -2.38. The van der Waals surface area contributed by atoms with Crippen molar-refractivity contribution < 1.29 is 4.79 Å². The number of carbonyl (C=O) groups excluding carboxylic acids is 1. The van der Waals surface area contributed by atoms with Crippen molar-refractivity contribution in [2.24, 2.45) is 5.92 Å². The van der Waals surface area contributed by atoms with Crippen molar-refractivity contribution in [3.63, 3.8) is 0 Å². The van der Waals surface area contributed by atoms with Gasteiger partial charge in [-0.1, -0.05) is 19.1 Å². The molecule has 1 aliphatic heterocycles. The number of carbonyl (C=O) groups is 1. The van der Waals surface area contributed by atoms with E-state index in [4.69, 9.17) is 4.98 Å². The fourth-order valence-electron chi connectivity index (χ4n) is 3.37. The second-order valence-electron chi connectivity index (χ2n) is 6.69. The summed E-state index contributed by atoms with van der Waals surface area (Å²) in [5, 5.41) is 2.20. The molecule has 118 valence electrons. The Hall–Kier alpha value is -1.94. The van der Waals surface area contributed by atoms with Crippen LogP contribution in [-0.4, -0.2) is 28.9 Å². The molecule has 1 atom stereocenters. The van der Waals surface area contributed by atoms with Gasteiger partial charge in [0, 0.05) is 23.9 Å². The van der Waals surface area contributed by atoms with Crippen LogP contribution in [0.2, 0.25) is 0 Å². The summed E-state index contributed by atoms with van der Waals surface area (Å²) in [4.78, 5) is 21.3. The standard InChI is InChI=1S/C19H20N2OS/c1-12-5-6-14-9-15-10-17(23-18(15)20-16(14)8-12)19(22)21-7-3-4-13(2)11-21/h5-6,8-10,13H,3-4,7,11H2,1-2H3/t13-/m0/s1. The number of aryl methyl sites for hydroxylation is 1. The molecule has 1 aliphatic rings. The van der Waals surface area contributed by atoms with E-state index >= 15 is 0 Å². The predicted molar refractivity (Wildman–Crippen MR) is 96.2 cm³/mol. The minimum Gasteiger partial charge on any atom is -0.338 e. The molecule has 0 bridgehead atoms. The van der Waals surface area contributed by atoms with Crippen LogP contribution >= 0.6 is 11.3 Å². The first-order valence-electron chi connectivity index (χ1n) is 8.20. The highest BCUT2D eigenvalue weighted by molar-refractivity contribution is 7.20. The summed E-state index contributed by atoms with van der Waals surface area (Å²) in [6.07, 6.45) is 2.34. The molecule has 3 heterocycles.